The van der Waals surface area contributed by atoms with Gasteiger partial charge in [-0.15, -0.1) is 0 Å². The molecule has 0 bridgehead atoms. The van der Waals surface area contributed by atoms with Gasteiger partial charge in [-0.2, -0.15) is 0 Å². The van der Waals surface area contributed by atoms with E-state index in [2.05, 4.69) is 15.8 Å². The molecule has 0 unspecified atom stereocenters. The predicted octanol–water partition coefficient (Wildman–Crippen LogP) is 3.58. The van der Waals surface area contributed by atoms with E-state index in [-0.39, 0.29) is 18.2 Å². The van der Waals surface area contributed by atoms with Crippen LogP contribution >= 0.6 is 0 Å². The van der Waals surface area contributed by atoms with Crippen molar-refractivity contribution in [2.75, 3.05) is 10.6 Å². The summed E-state index contributed by atoms with van der Waals surface area (Å²) in [5.41, 5.74) is 4.54. The molecule has 128 valence electrons. The molecule has 2 N–H and O–H groups in total. The maximum Gasteiger partial charge on any atom is 0.230 e. The molecule has 0 saturated carbocycles. The molecule has 3 aromatic rings. The molecule has 0 aliphatic carbocycles. The molecule has 3 rings (SSSR count). The molecule has 0 fully saturated rings. The molecular formula is C19H19N3O3. The monoisotopic (exact) mass is 337 g/mol. The lowest BCUT2D eigenvalue weighted by Gasteiger charge is -2.10. The summed E-state index contributed by atoms with van der Waals surface area (Å²) in [5, 5.41) is 10.4. The fourth-order valence-electron chi connectivity index (χ4n) is 2.61. The number of amides is 2. The van der Waals surface area contributed by atoms with Crippen LogP contribution in [0.1, 0.15) is 23.7 Å². The minimum absolute atomic E-state index is 0.111. The van der Waals surface area contributed by atoms with E-state index in [1.165, 1.54) is 6.92 Å². The lowest BCUT2D eigenvalue weighted by Crippen LogP contribution is -2.16. The number of rotatable bonds is 4. The zero-order valence-electron chi connectivity index (χ0n) is 14.3. The second-order valence-corrected chi connectivity index (χ2v) is 6.06. The maximum absolute atomic E-state index is 12.4. The average molecular weight is 337 g/mol. The van der Waals surface area contributed by atoms with Crippen LogP contribution in [0, 0.1) is 13.8 Å². The quantitative estimate of drug-likeness (QED) is 0.762. The van der Waals surface area contributed by atoms with Crippen LogP contribution in [0.4, 0.5) is 11.4 Å². The Hall–Kier alpha value is -3.15. The van der Waals surface area contributed by atoms with Gasteiger partial charge in [-0.05, 0) is 43.7 Å². The summed E-state index contributed by atoms with van der Waals surface area (Å²) in [6.07, 6.45) is 0.111. The molecule has 0 aliphatic heterocycles. The maximum atomic E-state index is 12.4. The molecule has 0 atom stereocenters. The fourth-order valence-corrected chi connectivity index (χ4v) is 2.61. The van der Waals surface area contributed by atoms with Crippen LogP contribution in [0.5, 0.6) is 0 Å². The highest BCUT2D eigenvalue weighted by molar-refractivity contribution is 5.96. The van der Waals surface area contributed by atoms with Crippen LogP contribution in [0.3, 0.4) is 0 Å². The van der Waals surface area contributed by atoms with E-state index in [4.69, 9.17) is 4.52 Å². The molecule has 6 heteroatoms. The fraction of sp³-hybridized carbons (Fsp3) is 0.211. The highest BCUT2D eigenvalue weighted by Crippen LogP contribution is 2.23. The molecule has 1 aromatic heterocycles. The van der Waals surface area contributed by atoms with Crippen molar-refractivity contribution < 1.29 is 14.1 Å². The van der Waals surface area contributed by atoms with Crippen LogP contribution in [-0.2, 0) is 16.0 Å². The molecular weight excluding hydrogens is 318 g/mol. The summed E-state index contributed by atoms with van der Waals surface area (Å²) in [6.45, 7) is 5.31. The Morgan fingerprint density at radius 1 is 1.08 bits per heavy atom. The number of nitrogens with zero attached hydrogens (tertiary/aromatic N) is 1. The molecule has 0 radical (unpaired) electrons. The first-order chi connectivity index (χ1) is 11.9. The number of benzene rings is 2. The van der Waals surface area contributed by atoms with Crippen LogP contribution in [0.15, 0.2) is 40.9 Å². The summed E-state index contributed by atoms with van der Waals surface area (Å²) < 4.78 is 5.26. The third kappa shape index (κ3) is 3.85. The van der Waals surface area contributed by atoms with E-state index in [9.17, 15) is 9.59 Å². The highest BCUT2D eigenvalue weighted by atomic mass is 16.5. The third-order valence-corrected chi connectivity index (χ3v) is 3.86. The summed E-state index contributed by atoms with van der Waals surface area (Å²) in [4.78, 5) is 23.6. The Balaban J connectivity index is 1.78. The summed E-state index contributed by atoms with van der Waals surface area (Å²) in [5.74, 6) is -0.356. The molecule has 25 heavy (non-hydrogen) atoms. The minimum atomic E-state index is -0.195. The Morgan fingerprint density at radius 2 is 1.88 bits per heavy atom. The van der Waals surface area contributed by atoms with Crippen molar-refractivity contribution in [2.24, 2.45) is 0 Å². The molecule has 6 nitrogen and oxygen atoms in total. The first-order valence-corrected chi connectivity index (χ1v) is 7.95. The van der Waals surface area contributed by atoms with Gasteiger partial charge in [0.1, 0.15) is 5.69 Å². The van der Waals surface area contributed by atoms with Gasteiger partial charge in [0.25, 0.3) is 0 Å². The van der Waals surface area contributed by atoms with E-state index in [0.29, 0.717) is 22.7 Å². The summed E-state index contributed by atoms with van der Waals surface area (Å²) >= 11 is 0. The van der Waals surface area contributed by atoms with Gasteiger partial charge < -0.3 is 15.2 Å². The first kappa shape index (κ1) is 16.7. The van der Waals surface area contributed by atoms with E-state index in [1.807, 2.05) is 38.1 Å². The van der Waals surface area contributed by atoms with Gasteiger partial charge in [-0.1, -0.05) is 22.9 Å². The lowest BCUT2D eigenvalue weighted by atomic mass is 10.1. The number of hydrogen-bond acceptors (Lipinski definition) is 4. The lowest BCUT2D eigenvalue weighted by molar-refractivity contribution is -0.116. The molecule has 0 aliphatic rings. The SMILES string of the molecule is CC(=O)Nc1ccc(C)c(NC(=O)Cc2noc3ccc(C)cc23)c1. The van der Waals surface area contributed by atoms with Gasteiger partial charge in [0.2, 0.25) is 11.8 Å². The number of aryl methyl sites for hydroxylation is 2. The number of carbonyl (C=O) groups is 2. The minimum Gasteiger partial charge on any atom is -0.356 e. The highest BCUT2D eigenvalue weighted by Gasteiger charge is 2.14. The van der Waals surface area contributed by atoms with Crippen molar-refractivity contribution in [3.05, 3.63) is 53.2 Å². The number of carbonyl (C=O) groups excluding carboxylic acids is 2. The van der Waals surface area contributed by atoms with Crippen molar-refractivity contribution in [1.29, 1.82) is 0 Å². The second-order valence-electron chi connectivity index (χ2n) is 6.06. The largest absolute Gasteiger partial charge is 0.356 e. The van der Waals surface area contributed by atoms with Gasteiger partial charge in [0.05, 0.1) is 6.42 Å². The van der Waals surface area contributed by atoms with Gasteiger partial charge >= 0.3 is 0 Å². The number of anilines is 2. The third-order valence-electron chi connectivity index (χ3n) is 3.86. The Labute approximate surface area is 145 Å². The van der Waals surface area contributed by atoms with Crippen molar-refractivity contribution in [3.63, 3.8) is 0 Å². The number of nitrogens with one attached hydrogen (secondary N) is 2. The zero-order chi connectivity index (χ0) is 18.0. The number of fused-ring (bicyclic) bond motifs is 1. The van der Waals surface area contributed by atoms with Crippen molar-refractivity contribution in [2.45, 2.75) is 27.2 Å². The first-order valence-electron chi connectivity index (χ1n) is 7.95. The number of aromatic nitrogens is 1. The molecule has 2 amide bonds. The van der Waals surface area contributed by atoms with Gasteiger partial charge in [0, 0.05) is 23.7 Å². The van der Waals surface area contributed by atoms with Crippen LogP contribution in [-0.4, -0.2) is 17.0 Å². The summed E-state index contributed by atoms with van der Waals surface area (Å²) in [7, 11) is 0. The van der Waals surface area contributed by atoms with Gasteiger partial charge in [-0.3, -0.25) is 9.59 Å². The Bertz CT molecular complexity index is 960. The topological polar surface area (TPSA) is 84.2 Å². The van der Waals surface area contributed by atoms with Crippen LogP contribution in [0.25, 0.3) is 11.0 Å². The van der Waals surface area contributed by atoms with Crippen molar-refractivity contribution in [3.8, 4) is 0 Å². The number of hydrogen-bond donors (Lipinski definition) is 2. The Morgan fingerprint density at radius 3 is 2.64 bits per heavy atom. The molecule has 0 spiro atoms. The predicted molar refractivity (Wildman–Crippen MR) is 96.6 cm³/mol. The Kier molecular flexibility index (Phi) is 4.52. The van der Waals surface area contributed by atoms with E-state index >= 15 is 0 Å². The standard InChI is InChI=1S/C19H19N3O3/c1-11-4-7-18-15(8-11)17(22-25-18)10-19(24)21-16-9-14(20-13(3)23)6-5-12(16)2/h4-9H,10H2,1-3H3,(H,20,23)(H,21,24). The van der Waals surface area contributed by atoms with Gasteiger partial charge in [-0.25, -0.2) is 0 Å². The molecule has 2 aromatic carbocycles. The van der Waals surface area contributed by atoms with E-state index in [1.54, 1.807) is 12.1 Å². The van der Waals surface area contributed by atoms with Crippen molar-refractivity contribution in [1.82, 2.24) is 5.16 Å². The normalized spacial score (nSPS) is 10.7. The van der Waals surface area contributed by atoms with E-state index in [0.717, 1.165) is 16.5 Å². The summed E-state index contributed by atoms with van der Waals surface area (Å²) in [6, 6.07) is 11.1. The second kappa shape index (κ2) is 6.76. The average Bonchev–Trinajstić information content (AvgIpc) is 2.92. The molecule has 0 saturated heterocycles. The van der Waals surface area contributed by atoms with Crippen molar-refractivity contribution >= 4 is 34.2 Å². The van der Waals surface area contributed by atoms with Gasteiger partial charge in [0.15, 0.2) is 5.58 Å². The smallest absolute Gasteiger partial charge is 0.230 e. The van der Waals surface area contributed by atoms with Crippen LogP contribution in [0.2, 0.25) is 0 Å². The van der Waals surface area contributed by atoms with E-state index < -0.39 is 0 Å². The zero-order valence-corrected chi connectivity index (χ0v) is 14.3. The van der Waals surface area contributed by atoms with Crippen LogP contribution < -0.4 is 10.6 Å². The molecule has 1 heterocycles.